The summed E-state index contributed by atoms with van der Waals surface area (Å²) < 4.78 is 0. The summed E-state index contributed by atoms with van der Waals surface area (Å²) in [6.07, 6.45) is 2.19. The Morgan fingerprint density at radius 3 is 2.54 bits per heavy atom. The minimum absolute atomic E-state index is 0.0632. The van der Waals surface area contributed by atoms with Crippen LogP contribution >= 0.6 is 23.2 Å². The number of likely N-dealkylation sites (tertiary alicyclic amines) is 1. The molecule has 1 saturated heterocycles. The molecule has 1 aliphatic heterocycles. The van der Waals surface area contributed by atoms with Gasteiger partial charge in [-0.15, -0.1) is 0 Å². The highest BCUT2D eigenvalue weighted by atomic mass is 35.5. The molecule has 0 spiro atoms. The number of amides is 1. The Hall–Kier alpha value is -1.55. The highest BCUT2D eigenvalue weighted by molar-refractivity contribution is 6.35. The van der Waals surface area contributed by atoms with E-state index in [1.165, 1.54) is 0 Å². The monoisotopic (exact) mass is 362 g/mol. The van der Waals surface area contributed by atoms with E-state index < -0.39 is 6.04 Å². The molecule has 1 N–H and O–H groups in total. The van der Waals surface area contributed by atoms with Crippen LogP contribution in [0.25, 0.3) is 0 Å². The van der Waals surface area contributed by atoms with Crippen molar-refractivity contribution in [3.63, 3.8) is 0 Å². The Kier molecular flexibility index (Phi) is 5.44. The number of rotatable bonds is 4. The molecule has 0 bridgehead atoms. The lowest BCUT2D eigenvalue weighted by Crippen LogP contribution is -2.35. The van der Waals surface area contributed by atoms with Crippen molar-refractivity contribution in [3.05, 3.63) is 63.6 Å². The number of anilines is 1. The Labute approximate surface area is 152 Å². The Bertz CT molecular complexity index is 742. The number of carbonyl (C=O) groups is 1. The smallest absolute Gasteiger partial charge is 0.246 e. The number of aryl methyl sites for hydroxylation is 1. The second-order valence-electron chi connectivity index (χ2n) is 6.17. The normalized spacial score (nSPS) is 16.1. The number of halogens is 2. The van der Waals surface area contributed by atoms with Gasteiger partial charge in [-0.05, 0) is 68.2 Å². The first-order valence-corrected chi connectivity index (χ1v) is 8.87. The number of nitrogens with zero attached hydrogens (tertiary/aromatic N) is 1. The van der Waals surface area contributed by atoms with Gasteiger partial charge >= 0.3 is 0 Å². The van der Waals surface area contributed by atoms with Crippen LogP contribution in [-0.4, -0.2) is 23.9 Å². The quantitative estimate of drug-likeness (QED) is 0.822. The first-order valence-electron chi connectivity index (χ1n) is 8.11. The lowest BCUT2D eigenvalue weighted by atomic mass is 10.0. The average molecular weight is 363 g/mol. The summed E-state index contributed by atoms with van der Waals surface area (Å²) in [6.45, 7) is 3.79. The molecule has 1 amide bonds. The van der Waals surface area contributed by atoms with Crippen molar-refractivity contribution in [1.29, 1.82) is 0 Å². The molecule has 1 atom stereocenters. The minimum atomic E-state index is -0.405. The molecule has 2 aromatic carbocycles. The van der Waals surface area contributed by atoms with Crippen molar-refractivity contribution < 1.29 is 4.79 Å². The maximum Gasteiger partial charge on any atom is 0.246 e. The van der Waals surface area contributed by atoms with Crippen LogP contribution in [0.3, 0.4) is 0 Å². The van der Waals surface area contributed by atoms with E-state index in [4.69, 9.17) is 23.2 Å². The molecule has 0 aromatic heterocycles. The third kappa shape index (κ3) is 3.92. The summed E-state index contributed by atoms with van der Waals surface area (Å²) in [5.41, 5.74) is 2.71. The molecule has 1 fully saturated rings. The van der Waals surface area contributed by atoms with Gasteiger partial charge in [0.25, 0.3) is 0 Å². The largest absolute Gasteiger partial charge is 0.324 e. The number of hydrogen-bond acceptors (Lipinski definition) is 2. The van der Waals surface area contributed by atoms with Gasteiger partial charge in [0.15, 0.2) is 0 Å². The molecule has 0 saturated carbocycles. The predicted octanol–water partition coefficient (Wildman–Crippen LogP) is 5.08. The van der Waals surface area contributed by atoms with Crippen LogP contribution in [0.2, 0.25) is 10.0 Å². The van der Waals surface area contributed by atoms with Crippen molar-refractivity contribution >= 4 is 34.8 Å². The maximum absolute atomic E-state index is 13.0. The van der Waals surface area contributed by atoms with Gasteiger partial charge in [-0.25, -0.2) is 0 Å². The van der Waals surface area contributed by atoms with E-state index in [0.29, 0.717) is 10.0 Å². The molecule has 1 unspecified atom stereocenters. The third-order valence-corrected chi connectivity index (χ3v) is 4.86. The van der Waals surface area contributed by atoms with Crippen LogP contribution in [0.4, 0.5) is 5.69 Å². The summed E-state index contributed by atoms with van der Waals surface area (Å²) in [4.78, 5) is 15.2. The fourth-order valence-electron chi connectivity index (χ4n) is 3.16. The van der Waals surface area contributed by atoms with E-state index in [9.17, 15) is 4.79 Å². The number of benzene rings is 2. The van der Waals surface area contributed by atoms with E-state index in [1.807, 2.05) is 37.3 Å². The minimum Gasteiger partial charge on any atom is -0.324 e. The molecule has 2 aromatic rings. The molecule has 0 radical (unpaired) electrons. The molecule has 5 heteroatoms. The molecule has 3 nitrogen and oxygen atoms in total. The van der Waals surface area contributed by atoms with E-state index in [2.05, 4.69) is 10.2 Å². The Morgan fingerprint density at radius 1 is 1.12 bits per heavy atom. The summed E-state index contributed by atoms with van der Waals surface area (Å²) in [5, 5.41) is 4.13. The fourth-order valence-corrected chi connectivity index (χ4v) is 3.67. The maximum atomic E-state index is 13.0. The van der Waals surface area contributed by atoms with Crippen LogP contribution in [0.5, 0.6) is 0 Å². The third-order valence-electron chi connectivity index (χ3n) is 4.30. The van der Waals surface area contributed by atoms with Gasteiger partial charge in [0, 0.05) is 15.7 Å². The van der Waals surface area contributed by atoms with E-state index in [0.717, 1.165) is 42.7 Å². The molecule has 3 rings (SSSR count). The Morgan fingerprint density at radius 2 is 1.88 bits per heavy atom. The van der Waals surface area contributed by atoms with E-state index in [1.54, 1.807) is 12.1 Å². The second-order valence-corrected chi connectivity index (χ2v) is 7.01. The van der Waals surface area contributed by atoms with Crippen molar-refractivity contribution in [1.82, 2.24) is 4.90 Å². The molecule has 126 valence electrons. The summed E-state index contributed by atoms with van der Waals surface area (Å²) >= 11 is 12.4. The van der Waals surface area contributed by atoms with Crippen molar-refractivity contribution in [2.45, 2.75) is 25.8 Å². The molecule has 0 aliphatic carbocycles. The van der Waals surface area contributed by atoms with Crippen LogP contribution in [0.15, 0.2) is 42.5 Å². The van der Waals surface area contributed by atoms with Gasteiger partial charge in [-0.3, -0.25) is 9.69 Å². The van der Waals surface area contributed by atoms with Gasteiger partial charge in [0.1, 0.15) is 6.04 Å². The van der Waals surface area contributed by atoms with Gasteiger partial charge in [-0.2, -0.15) is 0 Å². The lowest BCUT2D eigenvalue weighted by Gasteiger charge is -2.27. The number of nitrogens with one attached hydrogen (secondary N) is 1. The van der Waals surface area contributed by atoms with Gasteiger partial charge < -0.3 is 5.32 Å². The highest BCUT2D eigenvalue weighted by Crippen LogP contribution is 2.33. The van der Waals surface area contributed by atoms with Gasteiger partial charge in [0.05, 0.1) is 0 Å². The summed E-state index contributed by atoms with van der Waals surface area (Å²) in [6, 6.07) is 12.7. The first kappa shape index (κ1) is 17.3. The van der Waals surface area contributed by atoms with Crippen LogP contribution in [0.1, 0.15) is 30.0 Å². The van der Waals surface area contributed by atoms with Crippen molar-refractivity contribution in [2.75, 3.05) is 18.4 Å². The summed E-state index contributed by atoms with van der Waals surface area (Å²) in [5.74, 6) is -0.0632. The van der Waals surface area contributed by atoms with Crippen molar-refractivity contribution in [3.8, 4) is 0 Å². The molecular formula is C19H20Cl2N2O. The lowest BCUT2D eigenvalue weighted by molar-refractivity contribution is -0.121. The van der Waals surface area contributed by atoms with Gasteiger partial charge in [-0.1, -0.05) is 41.4 Å². The predicted molar refractivity (Wildman–Crippen MR) is 99.8 cm³/mol. The zero-order valence-corrected chi connectivity index (χ0v) is 15.1. The molecule has 1 aliphatic rings. The van der Waals surface area contributed by atoms with E-state index >= 15 is 0 Å². The first-order chi connectivity index (χ1) is 11.5. The molecule has 24 heavy (non-hydrogen) atoms. The van der Waals surface area contributed by atoms with Crippen molar-refractivity contribution in [2.24, 2.45) is 0 Å². The SMILES string of the molecule is Cc1cccc(NC(=O)C(c2ccc(Cl)cc2Cl)N2CCCC2)c1. The number of carbonyl (C=O) groups excluding carboxylic acids is 1. The molecular weight excluding hydrogens is 343 g/mol. The summed E-state index contributed by atoms with van der Waals surface area (Å²) in [7, 11) is 0. The Balaban J connectivity index is 1.90. The molecule has 1 heterocycles. The van der Waals surface area contributed by atoms with Crippen LogP contribution < -0.4 is 5.32 Å². The zero-order chi connectivity index (χ0) is 17.1. The average Bonchev–Trinajstić information content (AvgIpc) is 3.04. The number of hydrogen-bond donors (Lipinski definition) is 1. The zero-order valence-electron chi connectivity index (χ0n) is 13.6. The topological polar surface area (TPSA) is 32.3 Å². The second kappa shape index (κ2) is 7.56. The fraction of sp³-hybridized carbons (Fsp3) is 0.316. The van der Waals surface area contributed by atoms with Crippen LogP contribution in [-0.2, 0) is 4.79 Å². The van der Waals surface area contributed by atoms with E-state index in [-0.39, 0.29) is 5.91 Å². The highest BCUT2D eigenvalue weighted by Gasteiger charge is 2.31. The van der Waals surface area contributed by atoms with Crippen LogP contribution in [0, 0.1) is 6.92 Å². The van der Waals surface area contributed by atoms with Gasteiger partial charge in [0.2, 0.25) is 5.91 Å². The standard InChI is InChI=1S/C19H20Cl2N2O/c1-13-5-4-6-15(11-13)22-19(24)18(23-9-2-3-10-23)16-8-7-14(20)12-17(16)21/h4-8,11-12,18H,2-3,9-10H2,1H3,(H,22,24).